The average molecular weight is 312 g/mol. The molecule has 0 saturated carbocycles. The zero-order valence-electron chi connectivity index (χ0n) is 10.9. The van der Waals surface area contributed by atoms with E-state index in [0.717, 1.165) is 10.7 Å². The molecule has 0 radical (unpaired) electrons. The van der Waals surface area contributed by atoms with Gasteiger partial charge in [0, 0.05) is 19.1 Å². The van der Waals surface area contributed by atoms with Gasteiger partial charge in [-0.25, -0.2) is 8.42 Å². The summed E-state index contributed by atoms with van der Waals surface area (Å²) in [7, 11) is -4.51. The third-order valence-electron chi connectivity index (χ3n) is 4.06. The number of rotatable bonds is 4. The fraction of sp³-hybridized carbons (Fsp3) is 0.909. The van der Waals surface area contributed by atoms with Crippen LogP contribution < -0.4 is 0 Å². The summed E-state index contributed by atoms with van der Waals surface area (Å²) in [5.41, 5.74) is 0. The maximum absolute atomic E-state index is 12.4. The van der Waals surface area contributed by atoms with Crippen LogP contribution in [-0.2, 0) is 14.8 Å². The number of sulfonamides is 1. The first-order valence-corrected chi connectivity index (χ1v) is 8.10. The Bertz CT molecular complexity index is 463. The predicted molar refractivity (Wildman–Crippen MR) is 66.9 cm³/mol. The Labute approximate surface area is 116 Å². The van der Waals surface area contributed by atoms with E-state index in [1.165, 1.54) is 0 Å². The van der Waals surface area contributed by atoms with Crippen molar-refractivity contribution >= 4 is 16.0 Å². The SMILES string of the molecule is O=C(O)C1CCCN1C1CCN(S(=O)(=O)C(F)F)CC1. The standard InChI is InChI=1S/C11H18F2N2O4S/c12-11(13)20(18,19)14-6-3-8(4-7-14)15-5-1-2-9(15)10(16)17/h8-9,11H,1-7H2,(H,16,17). The van der Waals surface area contributed by atoms with Crippen molar-refractivity contribution < 1.29 is 27.1 Å². The maximum atomic E-state index is 12.4. The van der Waals surface area contributed by atoms with Crippen LogP contribution in [0.4, 0.5) is 8.78 Å². The highest BCUT2D eigenvalue weighted by molar-refractivity contribution is 7.89. The molecule has 116 valence electrons. The highest BCUT2D eigenvalue weighted by Crippen LogP contribution is 2.27. The van der Waals surface area contributed by atoms with Crippen molar-refractivity contribution in [1.29, 1.82) is 0 Å². The number of halogens is 2. The summed E-state index contributed by atoms with van der Waals surface area (Å²) in [5, 5.41) is 9.12. The van der Waals surface area contributed by atoms with Gasteiger partial charge in [0.25, 0.3) is 10.0 Å². The quantitative estimate of drug-likeness (QED) is 0.820. The lowest BCUT2D eigenvalue weighted by Gasteiger charge is -2.37. The monoisotopic (exact) mass is 312 g/mol. The molecular formula is C11H18F2N2O4S. The Hall–Kier alpha value is -0.800. The fourth-order valence-electron chi connectivity index (χ4n) is 3.03. The van der Waals surface area contributed by atoms with Crippen LogP contribution in [0.3, 0.4) is 0 Å². The van der Waals surface area contributed by atoms with Crippen molar-refractivity contribution in [3.8, 4) is 0 Å². The molecule has 0 amide bonds. The minimum atomic E-state index is -4.51. The number of alkyl halides is 2. The summed E-state index contributed by atoms with van der Waals surface area (Å²) in [5.74, 6) is -4.26. The Morgan fingerprint density at radius 1 is 1.15 bits per heavy atom. The van der Waals surface area contributed by atoms with Crippen LogP contribution in [-0.4, -0.2) is 66.2 Å². The summed E-state index contributed by atoms with van der Waals surface area (Å²) in [6, 6.07) is -0.569. The van der Waals surface area contributed by atoms with Crippen LogP contribution in [0, 0.1) is 0 Å². The van der Waals surface area contributed by atoms with Gasteiger partial charge in [0.1, 0.15) is 6.04 Å². The van der Waals surface area contributed by atoms with Crippen molar-refractivity contribution in [3.63, 3.8) is 0 Å². The molecule has 2 aliphatic rings. The van der Waals surface area contributed by atoms with E-state index in [9.17, 15) is 22.0 Å². The molecule has 20 heavy (non-hydrogen) atoms. The number of carboxylic acids is 1. The number of piperidine rings is 1. The number of likely N-dealkylation sites (tertiary alicyclic amines) is 1. The lowest BCUT2D eigenvalue weighted by molar-refractivity contribution is -0.143. The van der Waals surface area contributed by atoms with Crippen molar-refractivity contribution in [3.05, 3.63) is 0 Å². The Balaban J connectivity index is 1.96. The lowest BCUT2D eigenvalue weighted by atomic mass is 10.0. The van der Waals surface area contributed by atoms with Gasteiger partial charge in [0.2, 0.25) is 0 Å². The van der Waals surface area contributed by atoms with Gasteiger partial charge in [-0.3, -0.25) is 9.69 Å². The van der Waals surface area contributed by atoms with Gasteiger partial charge >= 0.3 is 11.7 Å². The molecule has 0 spiro atoms. The molecule has 9 heteroatoms. The van der Waals surface area contributed by atoms with Crippen LogP contribution in [0.2, 0.25) is 0 Å². The molecular weight excluding hydrogens is 294 g/mol. The molecule has 1 atom stereocenters. The second-order valence-electron chi connectivity index (χ2n) is 5.17. The molecule has 1 N–H and O–H groups in total. The van der Waals surface area contributed by atoms with Crippen LogP contribution in [0.1, 0.15) is 25.7 Å². The Kier molecular flexibility index (Phi) is 4.60. The lowest BCUT2D eigenvalue weighted by Crippen LogP contribution is -2.50. The van der Waals surface area contributed by atoms with Crippen molar-refractivity contribution in [2.24, 2.45) is 0 Å². The first kappa shape index (κ1) is 15.6. The first-order valence-electron chi connectivity index (χ1n) is 6.59. The maximum Gasteiger partial charge on any atom is 0.350 e. The Morgan fingerprint density at radius 2 is 1.75 bits per heavy atom. The van der Waals surface area contributed by atoms with E-state index in [4.69, 9.17) is 5.11 Å². The zero-order chi connectivity index (χ0) is 14.9. The topological polar surface area (TPSA) is 77.9 Å². The van der Waals surface area contributed by atoms with E-state index in [2.05, 4.69) is 0 Å². The number of nitrogens with zero attached hydrogens (tertiary/aromatic N) is 2. The summed E-state index contributed by atoms with van der Waals surface area (Å²) < 4.78 is 48.4. The Morgan fingerprint density at radius 3 is 2.25 bits per heavy atom. The molecule has 0 aromatic rings. The van der Waals surface area contributed by atoms with Crippen molar-refractivity contribution in [2.45, 2.75) is 43.5 Å². The summed E-state index contributed by atoms with van der Waals surface area (Å²) >= 11 is 0. The average Bonchev–Trinajstić information content (AvgIpc) is 2.88. The summed E-state index contributed by atoms with van der Waals surface area (Å²) in [6.45, 7) is 0.726. The molecule has 0 aromatic carbocycles. The van der Waals surface area contributed by atoms with Crippen LogP contribution in [0.25, 0.3) is 0 Å². The van der Waals surface area contributed by atoms with Gasteiger partial charge < -0.3 is 5.11 Å². The van der Waals surface area contributed by atoms with E-state index in [1.54, 1.807) is 0 Å². The summed E-state index contributed by atoms with van der Waals surface area (Å²) in [4.78, 5) is 13.0. The van der Waals surface area contributed by atoms with E-state index in [1.807, 2.05) is 4.90 Å². The highest BCUT2D eigenvalue weighted by atomic mass is 32.2. The number of hydrogen-bond acceptors (Lipinski definition) is 4. The fourth-order valence-corrected chi connectivity index (χ4v) is 3.98. The van der Waals surface area contributed by atoms with Gasteiger partial charge in [0.05, 0.1) is 0 Å². The molecule has 0 aromatic heterocycles. The van der Waals surface area contributed by atoms with Gasteiger partial charge in [-0.15, -0.1) is 0 Å². The third kappa shape index (κ3) is 2.94. The minimum Gasteiger partial charge on any atom is -0.480 e. The third-order valence-corrected chi connectivity index (χ3v) is 5.59. The van der Waals surface area contributed by atoms with Gasteiger partial charge in [-0.2, -0.15) is 13.1 Å². The van der Waals surface area contributed by atoms with Crippen LogP contribution in [0.5, 0.6) is 0 Å². The van der Waals surface area contributed by atoms with Crippen LogP contribution >= 0.6 is 0 Å². The molecule has 0 aliphatic carbocycles. The smallest absolute Gasteiger partial charge is 0.350 e. The molecule has 2 aliphatic heterocycles. The number of aliphatic carboxylic acids is 1. The molecule has 6 nitrogen and oxygen atoms in total. The van der Waals surface area contributed by atoms with Gasteiger partial charge in [0.15, 0.2) is 0 Å². The predicted octanol–water partition coefficient (Wildman–Crippen LogP) is 0.552. The summed E-state index contributed by atoms with van der Waals surface area (Å²) in [6.07, 6.45) is 2.18. The van der Waals surface area contributed by atoms with Gasteiger partial charge in [-0.05, 0) is 32.2 Å². The van der Waals surface area contributed by atoms with Crippen molar-refractivity contribution in [2.75, 3.05) is 19.6 Å². The molecule has 2 saturated heterocycles. The van der Waals surface area contributed by atoms with E-state index < -0.39 is 27.8 Å². The zero-order valence-corrected chi connectivity index (χ0v) is 11.7. The van der Waals surface area contributed by atoms with E-state index in [0.29, 0.717) is 25.8 Å². The molecule has 1 unspecified atom stereocenters. The molecule has 0 bridgehead atoms. The normalized spacial score (nSPS) is 27.2. The first-order chi connectivity index (χ1) is 9.34. The number of carboxylic acid groups (broad SMARTS) is 1. The molecule has 2 fully saturated rings. The second-order valence-corrected chi connectivity index (χ2v) is 7.07. The van der Waals surface area contributed by atoms with Crippen LogP contribution in [0.15, 0.2) is 0 Å². The largest absolute Gasteiger partial charge is 0.480 e. The van der Waals surface area contributed by atoms with E-state index >= 15 is 0 Å². The highest BCUT2D eigenvalue weighted by Gasteiger charge is 2.40. The number of carbonyl (C=O) groups is 1. The number of hydrogen-bond donors (Lipinski definition) is 1. The molecule has 2 rings (SSSR count). The van der Waals surface area contributed by atoms with Crippen molar-refractivity contribution in [1.82, 2.24) is 9.21 Å². The molecule has 2 heterocycles. The van der Waals surface area contributed by atoms with Gasteiger partial charge in [-0.1, -0.05) is 0 Å². The second kappa shape index (κ2) is 5.90. The van der Waals surface area contributed by atoms with E-state index in [-0.39, 0.29) is 19.1 Å². The minimum absolute atomic E-state index is 0.0280.